The smallest absolute Gasteiger partial charge is 0.268 e. The van der Waals surface area contributed by atoms with Gasteiger partial charge in [-0.3, -0.25) is 4.79 Å². The molecule has 0 bridgehead atoms. The van der Waals surface area contributed by atoms with Gasteiger partial charge in [0.1, 0.15) is 0 Å². The molecule has 2 aromatic carbocycles. The van der Waals surface area contributed by atoms with Gasteiger partial charge in [0.25, 0.3) is 10.0 Å². The topological polar surface area (TPSA) is 65.4 Å². The second-order valence-corrected chi connectivity index (χ2v) is 12.2. The number of Topliss-reactive ketones (excluding diaryl/α,β-unsaturated/α-hetero) is 1. The Morgan fingerprint density at radius 3 is 2.28 bits per heavy atom. The van der Waals surface area contributed by atoms with Crippen molar-refractivity contribution in [3.8, 4) is 0 Å². The Kier molecular flexibility index (Phi) is 4.38. The quantitative estimate of drug-likeness (QED) is 0.547. The van der Waals surface area contributed by atoms with Crippen LogP contribution in [0.4, 0.5) is 0 Å². The molecule has 0 radical (unpaired) electrons. The normalized spacial score (nSPS) is 23.9. The van der Waals surface area contributed by atoms with Crippen LogP contribution >= 0.6 is 0 Å². The van der Waals surface area contributed by atoms with E-state index in [2.05, 4.69) is 13.8 Å². The highest BCUT2D eigenvalue weighted by Crippen LogP contribution is 2.53. The van der Waals surface area contributed by atoms with E-state index >= 15 is 0 Å². The van der Waals surface area contributed by atoms with Crippen LogP contribution in [-0.2, 0) is 21.2 Å². The summed E-state index contributed by atoms with van der Waals surface area (Å²) in [6, 6.07) is 10.5. The molecule has 0 N–H and O–H groups in total. The van der Waals surface area contributed by atoms with E-state index in [-0.39, 0.29) is 22.5 Å². The van der Waals surface area contributed by atoms with Gasteiger partial charge in [0, 0.05) is 23.1 Å². The predicted octanol–water partition coefficient (Wildman–Crippen LogP) is 5.05. The number of ether oxygens (including phenoxy) is 1. The molecule has 0 spiro atoms. The van der Waals surface area contributed by atoms with Crippen molar-refractivity contribution >= 4 is 26.7 Å². The third kappa shape index (κ3) is 2.85. The minimum atomic E-state index is -3.75. The Labute approximate surface area is 189 Å². The molecule has 2 heterocycles. The SMILES string of the molecule is Cc1ccc(S(=O)(=O)n2cc(C)c3c4c(ccc32)C(=O)[C@@H]2[C@@H](C4)C(C)(C)OC2(C)C)cc1. The summed E-state index contributed by atoms with van der Waals surface area (Å²) in [4.78, 5) is 13.9. The fourth-order valence-electron chi connectivity index (χ4n) is 5.99. The number of hydrogen-bond donors (Lipinski definition) is 0. The number of nitrogens with zero attached hydrogens (tertiary/aromatic N) is 1. The zero-order valence-electron chi connectivity index (χ0n) is 19.4. The van der Waals surface area contributed by atoms with Crippen LogP contribution in [0, 0.1) is 25.7 Å². The molecule has 2 aliphatic rings. The molecule has 32 heavy (non-hydrogen) atoms. The molecule has 6 heteroatoms. The lowest BCUT2D eigenvalue weighted by atomic mass is 9.66. The molecular formula is C26H29NO4S. The fourth-order valence-corrected chi connectivity index (χ4v) is 7.40. The number of hydrogen-bond acceptors (Lipinski definition) is 4. The average molecular weight is 452 g/mol. The number of benzene rings is 2. The molecule has 2 atom stereocenters. The summed E-state index contributed by atoms with van der Waals surface area (Å²) in [6.07, 6.45) is 2.37. The molecule has 1 saturated heterocycles. The maximum Gasteiger partial charge on any atom is 0.268 e. The van der Waals surface area contributed by atoms with Gasteiger partial charge in [-0.05, 0) is 83.4 Å². The van der Waals surface area contributed by atoms with E-state index in [1.165, 1.54) is 3.97 Å². The lowest BCUT2D eigenvalue weighted by Crippen LogP contribution is -2.41. The largest absolute Gasteiger partial charge is 0.369 e. The van der Waals surface area contributed by atoms with Gasteiger partial charge in [0.2, 0.25) is 0 Å². The lowest BCUT2D eigenvalue weighted by Gasteiger charge is -2.34. The van der Waals surface area contributed by atoms with E-state index in [9.17, 15) is 13.2 Å². The molecule has 5 nitrogen and oxygen atoms in total. The van der Waals surface area contributed by atoms with Crippen molar-refractivity contribution in [1.29, 1.82) is 0 Å². The van der Waals surface area contributed by atoms with Crippen molar-refractivity contribution in [2.24, 2.45) is 11.8 Å². The Bertz CT molecular complexity index is 1380. The van der Waals surface area contributed by atoms with Crippen molar-refractivity contribution in [3.63, 3.8) is 0 Å². The van der Waals surface area contributed by atoms with Crippen molar-refractivity contribution in [2.45, 2.75) is 64.1 Å². The molecule has 0 saturated carbocycles. The predicted molar refractivity (Wildman–Crippen MR) is 125 cm³/mol. The van der Waals surface area contributed by atoms with Crippen LogP contribution < -0.4 is 0 Å². The Morgan fingerprint density at radius 2 is 1.62 bits per heavy atom. The van der Waals surface area contributed by atoms with Gasteiger partial charge in [0.15, 0.2) is 5.78 Å². The molecule has 1 fully saturated rings. The van der Waals surface area contributed by atoms with Crippen molar-refractivity contribution in [2.75, 3.05) is 0 Å². The van der Waals surface area contributed by atoms with E-state index in [4.69, 9.17) is 4.74 Å². The van der Waals surface area contributed by atoms with E-state index in [0.29, 0.717) is 17.5 Å². The molecule has 0 unspecified atom stereocenters. The summed E-state index contributed by atoms with van der Waals surface area (Å²) in [5, 5.41) is 0.866. The summed E-state index contributed by atoms with van der Waals surface area (Å²) in [6.45, 7) is 11.9. The van der Waals surface area contributed by atoms with E-state index in [1.54, 1.807) is 42.6 Å². The Hall–Kier alpha value is -2.44. The third-order valence-electron chi connectivity index (χ3n) is 7.35. The Balaban J connectivity index is 1.71. The first-order valence-corrected chi connectivity index (χ1v) is 12.5. The second-order valence-electron chi connectivity index (χ2n) is 10.4. The molecular weight excluding hydrogens is 422 g/mol. The monoisotopic (exact) mass is 451 g/mol. The molecule has 5 rings (SSSR count). The second kappa shape index (κ2) is 6.55. The highest BCUT2D eigenvalue weighted by molar-refractivity contribution is 7.90. The summed E-state index contributed by atoms with van der Waals surface area (Å²) < 4.78 is 34.6. The maximum absolute atomic E-state index is 13.6. The van der Waals surface area contributed by atoms with Gasteiger partial charge in [-0.2, -0.15) is 0 Å². The fraction of sp³-hybridized carbons (Fsp3) is 0.423. The van der Waals surface area contributed by atoms with Gasteiger partial charge in [-0.25, -0.2) is 12.4 Å². The average Bonchev–Trinajstić information content (AvgIpc) is 3.13. The zero-order chi connectivity index (χ0) is 23.2. The van der Waals surface area contributed by atoms with Crippen LogP contribution in [-0.4, -0.2) is 29.4 Å². The van der Waals surface area contributed by atoms with Crippen LogP contribution in [0.5, 0.6) is 0 Å². The number of carbonyl (C=O) groups is 1. The van der Waals surface area contributed by atoms with Crippen LogP contribution in [0.25, 0.3) is 10.9 Å². The maximum atomic E-state index is 13.6. The lowest BCUT2D eigenvalue weighted by molar-refractivity contribution is -0.0781. The van der Waals surface area contributed by atoms with Gasteiger partial charge in [0.05, 0.1) is 27.5 Å². The highest BCUT2D eigenvalue weighted by Gasteiger charge is 2.58. The summed E-state index contributed by atoms with van der Waals surface area (Å²) >= 11 is 0. The zero-order valence-corrected chi connectivity index (χ0v) is 20.2. The minimum absolute atomic E-state index is 0.0413. The number of aryl methyl sites for hydroxylation is 2. The third-order valence-corrected chi connectivity index (χ3v) is 9.04. The molecule has 0 amide bonds. The summed E-state index contributed by atoms with van der Waals surface area (Å²) in [5.74, 6) is -0.0667. The molecule has 1 aliphatic heterocycles. The molecule has 168 valence electrons. The number of rotatable bonds is 2. The van der Waals surface area contributed by atoms with Gasteiger partial charge in [-0.15, -0.1) is 0 Å². The van der Waals surface area contributed by atoms with Crippen LogP contribution in [0.3, 0.4) is 0 Å². The van der Waals surface area contributed by atoms with E-state index in [0.717, 1.165) is 22.1 Å². The van der Waals surface area contributed by atoms with E-state index in [1.807, 2.05) is 27.7 Å². The first-order chi connectivity index (χ1) is 14.8. The molecule has 3 aromatic rings. The first kappa shape index (κ1) is 21.4. The number of carbonyl (C=O) groups excluding carboxylic acids is 1. The molecule has 1 aromatic heterocycles. The Morgan fingerprint density at radius 1 is 0.969 bits per heavy atom. The van der Waals surface area contributed by atoms with Gasteiger partial charge < -0.3 is 4.74 Å². The molecule has 1 aliphatic carbocycles. The van der Waals surface area contributed by atoms with Crippen LogP contribution in [0.2, 0.25) is 0 Å². The van der Waals surface area contributed by atoms with Crippen LogP contribution in [0.1, 0.15) is 54.7 Å². The first-order valence-electron chi connectivity index (χ1n) is 11.0. The number of ketones is 1. The van der Waals surface area contributed by atoms with Crippen molar-refractivity contribution < 1.29 is 17.9 Å². The van der Waals surface area contributed by atoms with Crippen molar-refractivity contribution in [1.82, 2.24) is 3.97 Å². The van der Waals surface area contributed by atoms with Crippen LogP contribution in [0.15, 0.2) is 47.5 Å². The summed E-state index contributed by atoms with van der Waals surface area (Å²) in [7, 11) is -3.75. The van der Waals surface area contributed by atoms with Gasteiger partial charge in [-0.1, -0.05) is 17.7 Å². The standard InChI is InChI=1S/C26H29NO4S/c1-15-7-9-17(10-8-15)32(29,30)27-14-16(2)22-19-13-20-23(26(5,6)31-25(20,3)4)24(28)18(19)11-12-21(22)27/h7-12,14,20,23H,13H2,1-6H3/t20-,23+/m1/s1. The highest BCUT2D eigenvalue weighted by atomic mass is 32.2. The van der Waals surface area contributed by atoms with Gasteiger partial charge >= 0.3 is 0 Å². The minimum Gasteiger partial charge on any atom is -0.369 e. The van der Waals surface area contributed by atoms with E-state index < -0.39 is 21.2 Å². The number of aromatic nitrogens is 1. The van der Waals surface area contributed by atoms with Crippen molar-refractivity contribution in [3.05, 3.63) is 64.8 Å². The summed E-state index contributed by atoms with van der Waals surface area (Å²) in [5.41, 5.74) is 3.14. The number of fused-ring (bicyclic) bond motifs is 4.